The molecule has 9 heavy (non-hydrogen) atoms. The van der Waals surface area contributed by atoms with E-state index < -0.39 is 0 Å². The molecule has 0 unspecified atom stereocenters. The monoisotopic (exact) mass is 124 g/mol. The molecule has 0 amide bonds. The van der Waals surface area contributed by atoms with Crippen LogP contribution in [0.4, 0.5) is 0 Å². The molecular weight excluding hydrogens is 108 g/mol. The van der Waals surface area contributed by atoms with Crippen LogP contribution in [0.5, 0.6) is 0 Å². The summed E-state index contributed by atoms with van der Waals surface area (Å²) in [5.74, 6) is 0. The summed E-state index contributed by atoms with van der Waals surface area (Å²) in [6.45, 7) is 6.35. The molecule has 0 atom stereocenters. The van der Waals surface area contributed by atoms with Crippen molar-refractivity contribution in [3.05, 3.63) is 23.8 Å². The van der Waals surface area contributed by atoms with E-state index in [1.54, 1.807) is 0 Å². The van der Waals surface area contributed by atoms with Gasteiger partial charge < -0.3 is 0 Å². The van der Waals surface area contributed by atoms with Gasteiger partial charge in [-0.2, -0.15) is 0 Å². The van der Waals surface area contributed by atoms with E-state index in [2.05, 4.69) is 39.0 Å². The first-order valence-electron chi connectivity index (χ1n) is 3.60. The second-order valence-corrected chi connectivity index (χ2v) is 2.07. The van der Waals surface area contributed by atoms with Crippen LogP contribution in [0, 0.1) is 0 Å². The van der Waals surface area contributed by atoms with E-state index in [-0.39, 0.29) is 0 Å². The lowest BCUT2D eigenvalue weighted by Gasteiger charge is -1.95. The van der Waals surface area contributed by atoms with Gasteiger partial charge in [-0.05, 0) is 26.7 Å². The average molecular weight is 124 g/mol. The Labute approximate surface area is 58.3 Å². The summed E-state index contributed by atoms with van der Waals surface area (Å²) in [5, 5.41) is 0. The van der Waals surface area contributed by atoms with Crippen molar-refractivity contribution in [2.75, 3.05) is 0 Å². The third kappa shape index (κ3) is 4.01. The number of hydrogen-bond acceptors (Lipinski definition) is 0. The summed E-state index contributed by atoms with van der Waals surface area (Å²) in [6.07, 6.45) is 8.79. The van der Waals surface area contributed by atoms with Gasteiger partial charge in [-0.1, -0.05) is 30.7 Å². The van der Waals surface area contributed by atoms with Crippen LogP contribution in [0.2, 0.25) is 0 Å². The molecule has 0 aromatic carbocycles. The summed E-state index contributed by atoms with van der Waals surface area (Å²) >= 11 is 0. The van der Waals surface area contributed by atoms with E-state index in [0.29, 0.717) is 0 Å². The Hall–Kier alpha value is -0.520. The maximum Gasteiger partial charge on any atom is -0.0139 e. The molecule has 0 heterocycles. The van der Waals surface area contributed by atoms with Gasteiger partial charge in [0.05, 0.1) is 0 Å². The van der Waals surface area contributed by atoms with Crippen LogP contribution in [0.3, 0.4) is 0 Å². The Morgan fingerprint density at radius 2 is 2.00 bits per heavy atom. The molecule has 0 aliphatic rings. The summed E-state index contributed by atoms with van der Waals surface area (Å²) in [7, 11) is 0. The highest BCUT2D eigenvalue weighted by atomic mass is 13.9. The minimum atomic E-state index is 1.13. The van der Waals surface area contributed by atoms with Gasteiger partial charge in [-0.3, -0.25) is 0 Å². The standard InChI is InChI=1S/C9H16/c1-4-7-8-9(5-2)6-3/h4-5,7H,6,8H2,1-3H3/b7-4-,9-5-. The molecule has 0 nitrogen and oxygen atoms in total. The predicted octanol–water partition coefficient (Wildman–Crippen LogP) is 3.31. The normalized spacial score (nSPS) is 13.0. The summed E-state index contributed by atoms with van der Waals surface area (Å²) < 4.78 is 0. The molecule has 0 N–H and O–H groups in total. The lowest BCUT2D eigenvalue weighted by Crippen LogP contribution is -1.75. The van der Waals surface area contributed by atoms with Gasteiger partial charge in [0.2, 0.25) is 0 Å². The van der Waals surface area contributed by atoms with Crippen molar-refractivity contribution >= 4 is 0 Å². The van der Waals surface area contributed by atoms with Crippen LogP contribution in [-0.2, 0) is 0 Å². The molecule has 0 radical (unpaired) electrons. The molecule has 0 aliphatic heterocycles. The highest BCUT2D eigenvalue weighted by Gasteiger charge is 1.85. The fourth-order valence-electron chi connectivity index (χ4n) is 0.736. The minimum absolute atomic E-state index is 1.13. The zero-order valence-electron chi connectivity index (χ0n) is 6.65. The molecule has 52 valence electrons. The Morgan fingerprint density at radius 3 is 2.33 bits per heavy atom. The van der Waals surface area contributed by atoms with E-state index in [1.807, 2.05) is 0 Å². The van der Waals surface area contributed by atoms with Crippen molar-refractivity contribution in [1.82, 2.24) is 0 Å². The van der Waals surface area contributed by atoms with E-state index >= 15 is 0 Å². The molecule has 0 saturated heterocycles. The summed E-state index contributed by atoms with van der Waals surface area (Å²) in [5.41, 5.74) is 1.52. The Balaban J connectivity index is 3.58. The molecule has 0 spiro atoms. The van der Waals surface area contributed by atoms with Gasteiger partial charge in [0, 0.05) is 0 Å². The maximum atomic E-state index is 2.19. The topological polar surface area (TPSA) is 0 Å². The van der Waals surface area contributed by atoms with Crippen LogP contribution in [-0.4, -0.2) is 0 Å². The lowest BCUT2D eigenvalue weighted by atomic mass is 10.1. The Morgan fingerprint density at radius 1 is 1.33 bits per heavy atom. The molecule has 0 fully saturated rings. The molecule has 0 bridgehead atoms. The second kappa shape index (κ2) is 5.61. The van der Waals surface area contributed by atoms with Gasteiger partial charge in [0.25, 0.3) is 0 Å². The number of rotatable bonds is 3. The molecular formula is C9H16. The average Bonchev–Trinajstić information content (AvgIpc) is 1.91. The van der Waals surface area contributed by atoms with Gasteiger partial charge >= 0.3 is 0 Å². The van der Waals surface area contributed by atoms with Crippen LogP contribution >= 0.6 is 0 Å². The SMILES string of the molecule is C/C=C\C/C(=C\C)CC. The van der Waals surface area contributed by atoms with Gasteiger partial charge in [-0.25, -0.2) is 0 Å². The third-order valence-electron chi connectivity index (χ3n) is 1.48. The molecule has 0 aromatic rings. The fourth-order valence-corrected chi connectivity index (χ4v) is 0.736. The van der Waals surface area contributed by atoms with Gasteiger partial charge in [-0.15, -0.1) is 0 Å². The Bertz CT molecular complexity index is 107. The third-order valence-corrected chi connectivity index (χ3v) is 1.48. The number of allylic oxidation sites excluding steroid dienone is 4. The van der Waals surface area contributed by atoms with Crippen molar-refractivity contribution in [1.29, 1.82) is 0 Å². The quantitative estimate of drug-likeness (QED) is 0.506. The zero-order valence-corrected chi connectivity index (χ0v) is 6.65. The zero-order chi connectivity index (χ0) is 7.11. The highest BCUT2D eigenvalue weighted by molar-refractivity contribution is 5.04. The lowest BCUT2D eigenvalue weighted by molar-refractivity contribution is 1.02. The summed E-state index contributed by atoms with van der Waals surface area (Å²) in [4.78, 5) is 0. The van der Waals surface area contributed by atoms with Crippen molar-refractivity contribution in [2.45, 2.75) is 33.6 Å². The molecule has 0 rings (SSSR count). The Kier molecular flexibility index (Phi) is 5.29. The first-order chi connectivity index (χ1) is 4.35. The first-order valence-corrected chi connectivity index (χ1v) is 3.60. The molecule has 0 aromatic heterocycles. The predicted molar refractivity (Wildman–Crippen MR) is 43.5 cm³/mol. The van der Waals surface area contributed by atoms with Crippen LogP contribution < -0.4 is 0 Å². The minimum Gasteiger partial charge on any atom is -0.0913 e. The maximum absolute atomic E-state index is 2.19. The van der Waals surface area contributed by atoms with Crippen LogP contribution in [0.25, 0.3) is 0 Å². The molecule has 0 saturated carbocycles. The van der Waals surface area contributed by atoms with Crippen LogP contribution in [0.1, 0.15) is 33.6 Å². The van der Waals surface area contributed by atoms with E-state index in [9.17, 15) is 0 Å². The van der Waals surface area contributed by atoms with Crippen molar-refractivity contribution in [3.63, 3.8) is 0 Å². The van der Waals surface area contributed by atoms with E-state index in [1.165, 1.54) is 12.0 Å². The second-order valence-electron chi connectivity index (χ2n) is 2.07. The smallest absolute Gasteiger partial charge is 0.0139 e. The summed E-state index contributed by atoms with van der Waals surface area (Å²) in [6, 6.07) is 0. The molecule has 0 aliphatic carbocycles. The van der Waals surface area contributed by atoms with Gasteiger partial charge in [0.15, 0.2) is 0 Å². The number of hydrogen-bond donors (Lipinski definition) is 0. The van der Waals surface area contributed by atoms with Gasteiger partial charge in [0.1, 0.15) is 0 Å². The van der Waals surface area contributed by atoms with E-state index in [4.69, 9.17) is 0 Å². The van der Waals surface area contributed by atoms with Crippen LogP contribution in [0.15, 0.2) is 23.8 Å². The van der Waals surface area contributed by atoms with E-state index in [0.717, 1.165) is 6.42 Å². The fraction of sp³-hybridized carbons (Fsp3) is 0.556. The van der Waals surface area contributed by atoms with Crippen molar-refractivity contribution < 1.29 is 0 Å². The first kappa shape index (κ1) is 8.48. The van der Waals surface area contributed by atoms with Crippen molar-refractivity contribution in [3.8, 4) is 0 Å². The highest BCUT2D eigenvalue weighted by Crippen LogP contribution is 2.05. The van der Waals surface area contributed by atoms with Crippen molar-refractivity contribution in [2.24, 2.45) is 0 Å². The molecule has 0 heteroatoms. The largest absolute Gasteiger partial charge is 0.0913 e.